The maximum absolute atomic E-state index is 4.75. The molecule has 0 atom stereocenters. The van der Waals surface area contributed by atoms with E-state index in [0.29, 0.717) is 0 Å². The average molecular weight is 933 g/mol. The van der Waals surface area contributed by atoms with Crippen molar-refractivity contribution in [3.8, 4) is 45.0 Å². The van der Waals surface area contributed by atoms with Crippen LogP contribution in [-0.4, -0.2) is 19.1 Å². The van der Waals surface area contributed by atoms with Crippen LogP contribution < -0.4 is 0 Å². The summed E-state index contributed by atoms with van der Waals surface area (Å²) in [4.78, 5) is 9.49. The first kappa shape index (κ1) is 41.6. The molecular weight excluding hydrogens is 885 g/mol. The second-order valence-electron chi connectivity index (χ2n) is 20.4. The monoisotopic (exact) mass is 932 g/mol. The van der Waals surface area contributed by atoms with Crippen LogP contribution in [0.2, 0.25) is 0 Å². The first-order chi connectivity index (χ1) is 36.0. The van der Waals surface area contributed by atoms with Crippen LogP contribution >= 0.6 is 0 Å². The fourth-order valence-electron chi connectivity index (χ4n) is 12.8. The third kappa shape index (κ3) is 6.26. The Labute approximate surface area is 423 Å². The lowest BCUT2D eigenvalue weighted by molar-refractivity contribution is 0.652. The van der Waals surface area contributed by atoms with E-state index in [1.165, 1.54) is 110 Å². The van der Waals surface area contributed by atoms with Crippen LogP contribution in [-0.2, 0) is 5.41 Å². The van der Waals surface area contributed by atoms with E-state index in [0.717, 1.165) is 46.5 Å². The molecule has 0 radical (unpaired) electrons. The third-order valence-corrected chi connectivity index (χ3v) is 16.2. The molecule has 4 nitrogen and oxygen atoms in total. The number of benzene rings is 9. The number of allylic oxidation sites excluding steroid dienone is 4. The van der Waals surface area contributed by atoms with E-state index in [-0.39, 0.29) is 5.41 Å². The van der Waals surface area contributed by atoms with Crippen molar-refractivity contribution < 1.29 is 0 Å². The smallest absolute Gasteiger partial charge is 0.137 e. The molecule has 0 saturated heterocycles. The normalized spacial score (nSPS) is 14.2. The molecule has 4 aromatic heterocycles. The number of aromatic nitrogens is 4. The molecule has 13 aromatic rings. The highest BCUT2D eigenvalue weighted by atomic mass is 15.1. The Morgan fingerprint density at radius 2 is 0.767 bits per heavy atom. The van der Waals surface area contributed by atoms with Crippen molar-refractivity contribution in [1.29, 1.82) is 0 Å². The highest BCUT2D eigenvalue weighted by molar-refractivity contribution is 6.14. The summed E-state index contributed by atoms with van der Waals surface area (Å²) >= 11 is 0. The zero-order valence-electron chi connectivity index (χ0n) is 40.6. The Hall–Kier alpha value is -9.12. The van der Waals surface area contributed by atoms with E-state index >= 15 is 0 Å². The predicted octanol–water partition coefficient (Wildman–Crippen LogP) is 17.9. The van der Waals surface area contributed by atoms with Crippen LogP contribution in [0.15, 0.2) is 236 Å². The molecule has 0 bridgehead atoms. The van der Waals surface area contributed by atoms with Crippen molar-refractivity contribution in [1.82, 2.24) is 19.1 Å². The van der Waals surface area contributed by atoms with Gasteiger partial charge in [0.05, 0.1) is 22.1 Å². The number of rotatable bonds is 6. The summed E-state index contributed by atoms with van der Waals surface area (Å²) < 4.78 is 4.56. The number of para-hydroxylation sites is 2. The molecule has 0 amide bonds. The first-order valence-electron chi connectivity index (χ1n) is 25.5. The van der Waals surface area contributed by atoms with Gasteiger partial charge in [-0.25, -0.2) is 9.97 Å². The van der Waals surface area contributed by atoms with Gasteiger partial charge in [0.2, 0.25) is 0 Å². The Balaban J connectivity index is 0.778. The highest BCUT2D eigenvalue weighted by Gasteiger charge is 2.38. The van der Waals surface area contributed by atoms with E-state index in [4.69, 9.17) is 9.97 Å². The molecule has 2 aliphatic carbocycles. The number of hydrogen-bond donors (Lipinski definition) is 0. The predicted molar refractivity (Wildman–Crippen MR) is 306 cm³/mol. The Kier molecular flexibility index (Phi) is 9.10. The summed E-state index contributed by atoms with van der Waals surface area (Å²) in [5, 5.41) is 10.0. The van der Waals surface area contributed by atoms with Gasteiger partial charge in [-0.05, 0) is 168 Å². The van der Waals surface area contributed by atoms with Gasteiger partial charge in [0, 0.05) is 39.4 Å². The van der Waals surface area contributed by atoms with Gasteiger partial charge in [-0.3, -0.25) is 9.13 Å². The minimum absolute atomic E-state index is 0.161. The maximum atomic E-state index is 4.75. The standard InChI is InChI=1S/C69H48N4/c1-69(2)61-41-45(49-33-31-47(51-15-3-5-17-53(49)51)43-27-35-65-59(39-43)57-19-7-9-21-63(57)72(65)67-23-11-13-37-70-67)25-29-55(61)56-30-26-46(42-62(56)69)50-34-32-48(52-16-4-6-18-54(50)52)44-28-36-66-60(40-44)58-20-8-10-22-64(58)73(66)68-24-12-14-38-71-68/h3-25,27-29,31-42H,26,30H2,1-2H3. The molecular formula is C69H48N4. The van der Waals surface area contributed by atoms with Gasteiger partial charge < -0.3 is 0 Å². The number of hydrogen-bond acceptors (Lipinski definition) is 2. The van der Waals surface area contributed by atoms with Crippen molar-refractivity contribution in [2.75, 3.05) is 0 Å². The second kappa shape index (κ2) is 15.9. The van der Waals surface area contributed by atoms with Gasteiger partial charge in [0.1, 0.15) is 11.6 Å². The van der Waals surface area contributed by atoms with Crippen molar-refractivity contribution in [2.24, 2.45) is 0 Å². The largest absolute Gasteiger partial charge is 0.294 e. The van der Waals surface area contributed by atoms with E-state index in [1.54, 1.807) is 0 Å². The molecule has 2 aliphatic rings. The number of fused-ring (bicyclic) bond motifs is 10. The molecule has 9 aromatic carbocycles. The van der Waals surface area contributed by atoms with E-state index in [2.05, 4.69) is 229 Å². The summed E-state index contributed by atoms with van der Waals surface area (Å²) in [7, 11) is 0. The van der Waals surface area contributed by atoms with E-state index in [9.17, 15) is 0 Å². The van der Waals surface area contributed by atoms with Crippen LogP contribution in [0.4, 0.5) is 0 Å². The lowest BCUT2D eigenvalue weighted by Crippen LogP contribution is -2.17. The summed E-state index contributed by atoms with van der Waals surface area (Å²) in [6.45, 7) is 4.86. The maximum Gasteiger partial charge on any atom is 0.137 e. The first-order valence-corrected chi connectivity index (χ1v) is 25.5. The molecule has 15 rings (SSSR count). The molecule has 0 N–H and O–H groups in total. The zero-order valence-corrected chi connectivity index (χ0v) is 40.6. The summed E-state index contributed by atoms with van der Waals surface area (Å²) in [6.07, 6.45) is 8.31. The van der Waals surface area contributed by atoms with Crippen LogP contribution in [0, 0.1) is 0 Å². The SMILES string of the molecule is CC1(C)C2=C(CCC(c3ccc(-c4ccc5c(c4)c4ccccc4n5-c4ccccn4)c4ccccc34)=C2)c2ccc(-c3ccc(-c4ccc5c(c4)c4ccccc4n5-c4ccccn4)c4ccccc34)cc21. The molecule has 0 spiro atoms. The zero-order chi connectivity index (χ0) is 48.4. The molecule has 0 saturated carbocycles. The van der Waals surface area contributed by atoms with Crippen molar-refractivity contribution in [2.45, 2.75) is 32.1 Å². The van der Waals surface area contributed by atoms with E-state index < -0.39 is 0 Å². The van der Waals surface area contributed by atoms with Crippen molar-refractivity contribution in [3.63, 3.8) is 0 Å². The molecule has 73 heavy (non-hydrogen) atoms. The fraction of sp³-hybridized carbons (Fsp3) is 0.0725. The van der Waals surface area contributed by atoms with Crippen LogP contribution in [0.5, 0.6) is 0 Å². The average Bonchev–Trinajstić information content (AvgIpc) is 4.04. The summed E-state index contributed by atoms with van der Waals surface area (Å²) in [5.41, 5.74) is 20.4. The molecule has 4 heterocycles. The lowest BCUT2D eigenvalue weighted by atomic mass is 9.77. The highest BCUT2D eigenvalue weighted by Crippen LogP contribution is 2.54. The van der Waals surface area contributed by atoms with Crippen LogP contribution in [0.3, 0.4) is 0 Å². The van der Waals surface area contributed by atoms with Gasteiger partial charge in [-0.1, -0.05) is 166 Å². The fourth-order valence-corrected chi connectivity index (χ4v) is 12.8. The van der Waals surface area contributed by atoms with Gasteiger partial charge in [-0.2, -0.15) is 0 Å². The number of nitrogens with zero attached hydrogens (tertiary/aromatic N) is 4. The van der Waals surface area contributed by atoms with Crippen molar-refractivity contribution >= 4 is 76.3 Å². The van der Waals surface area contributed by atoms with Gasteiger partial charge in [0.15, 0.2) is 0 Å². The Bertz CT molecular complexity index is 4510. The molecule has 344 valence electrons. The minimum atomic E-state index is -0.161. The molecule has 0 unspecified atom stereocenters. The van der Waals surface area contributed by atoms with Crippen molar-refractivity contribution in [3.05, 3.63) is 253 Å². The van der Waals surface area contributed by atoms with Gasteiger partial charge >= 0.3 is 0 Å². The minimum Gasteiger partial charge on any atom is -0.294 e. The summed E-state index contributed by atoms with van der Waals surface area (Å²) in [5.74, 6) is 1.85. The summed E-state index contributed by atoms with van der Waals surface area (Å²) in [6, 6.07) is 78.1. The lowest BCUT2D eigenvalue weighted by Gasteiger charge is -2.26. The van der Waals surface area contributed by atoms with Gasteiger partial charge in [0.25, 0.3) is 0 Å². The van der Waals surface area contributed by atoms with Crippen LogP contribution in [0.25, 0.3) is 121 Å². The third-order valence-electron chi connectivity index (χ3n) is 16.2. The molecule has 0 fully saturated rings. The second-order valence-corrected chi connectivity index (χ2v) is 20.4. The molecule has 0 aliphatic heterocycles. The quantitative estimate of drug-likeness (QED) is 0.167. The van der Waals surface area contributed by atoms with Gasteiger partial charge in [-0.15, -0.1) is 0 Å². The topological polar surface area (TPSA) is 35.6 Å². The molecule has 4 heteroatoms. The Morgan fingerprint density at radius 1 is 0.356 bits per heavy atom. The van der Waals surface area contributed by atoms with E-state index in [1.807, 2.05) is 24.5 Å². The number of pyridine rings is 2. The Morgan fingerprint density at radius 3 is 1.27 bits per heavy atom. The van der Waals surface area contributed by atoms with Crippen LogP contribution in [0.1, 0.15) is 43.4 Å².